The summed E-state index contributed by atoms with van der Waals surface area (Å²) in [5, 5.41) is 6.26. The first-order chi connectivity index (χ1) is 8.63. The van der Waals surface area contributed by atoms with E-state index in [0.717, 1.165) is 12.8 Å². The Morgan fingerprint density at radius 2 is 2.22 bits per heavy atom. The molecule has 8 heteroatoms. The fourth-order valence-corrected chi connectivity index (χ4v) is 3.18. The van der Waals surface area contributed by atoms with Crippen LogP contribution >= 0.6 is 0 Å². The van der Waals surface area contributed by atoms with Crippen LogP contribution in [0.4, 0.5) is 0 Å². The molecule has 18 heavy (non-hydrogen) atoms. The summed E-state index contributed by atoms with van der Waals surface area (Å²) in [5.74, 6) is 0.331. The Labute approximate surface area is 106 Å². The Morgan fingerprint density at radius 3 is 2.89 bits per heavy atom. The van der Waals surface area contributed by atoms with Gasteiger partial charge in [-0.05, 0) is 18.8 Å². The first-order valence-electron chi connectivity index (χ1n) is 5.93. The van der Waals surface area contributed by atoms with E-state index in [9.17, 15) is 8.42 Å². The highest BCUT2D eigenvalue weighted by Crippen LogP contribution is 2.15. The summed E-state index contributed by atoms with van der Waals surface area (Å²) < 4.78 is 31.9. The van der Waals surface area contributed by atoms with E-state index < -0.39 is 10.0 Å². The van der Waals surface area contributed by atoms with Gasteiger partial charge >= 0.3 is 0 Å². The molecule has 4 N–H and O–H groups in total. The van der Waals surface area contributed by atoms with Crippen molar-refractivity contribution < 1.29 is 13.2 Å². The van der Waals surface area contributed by atoms with Crippen LogP contribution in [0.25, 0.3) is 0 Å². The molecule has 0 unspecified atom stereocenters. The summed E-state index contributed by atoms with van der Waals surface area (Å²) in [6, 6.07) is 0. The van der Waals surface area contributed by atoms with Crippen LogP contribution in [-0.4, -0.2) is 38.4 Å². The third-order valence-electron chi connectivity index (χ3n) is 3.07. The fraction of sp³-hybridized carbons (Fsp3) is 0.700. The summed E-state index contributed by atoms with van der Waals surface area (Å²) in [4.78, 5) is 0. The van der Waals surface area contributed by atoms with Crippen molar-refractivity contribution >= 4 is 10.0 Å². The molecule has 2 heterocycles. The zero-order chi connectivity index (χ0) is 13.0. The molecule has 1 aliphatic rings. The van der Waals surface area contributed by atoms with Gasteiger partial charge in [0.15, 0.2) is 5.03 Å². The lowest BCUT2D eigenvalue weighted by Crippen LogP contribution is -2.33. The number of nitrogens with two attached hydrogens (primary N) is 1. The average Bonchev–Trinajstić information content (AvgIpc) is 2.87. The Hall–Kier alpha value is -0.960. The molecule has 102 valence electrons. The lowest BCUT2D eigenvalue weighted by molar-refractivity contribution is 0.0678. The molecule has 0 spiro atoms. The molecule has 0 aliphatic carbocycles. The maximum atomic E-state index is 12.0. The molecular formula is C10H18N4O3S. The van der Waals surface area contributed by atoms with Crippen LogP contribution in [0, 0.1) is 5.92 Å². The lowest BCUT2D eigenvalue weighted by atomic mass is 10.0. The molecule has 0 atom stereocenters. The van der Waals surface area contributed by atoms with Gasteiger partial charge in [-0.3, -0.25) is 5.10 Å². The molecule has 1 aliphatic heterocycles. The van der Waals surface area contributed by atoms with E-state index >= 15 is 0 Å². The SMILES string of the molecule is NCc1cn[nH]c1S(=O)(=O)NCC1CCOCC1. The highest BCUT2D eigenvalue weighted by Gasteiger charge is 2.22. The minimum Gasteiger partial charge on any atom is -0.381 e. The number of nitrogens with one attached hydrogen (secondary N) is 2. The van der Waals surface area contributed by atoms with Crippen LogP contribution < -0.4 is 10.5 Å². The Kier molecular flexibility index (Phi) is 4.33. The van der Waals surface area contributed by atoms with Crippen molar-refractivity contribution in [2.45, 2.75) is 24.4 Å². The van der Waals surface area contributed by atoms with Gasteiger partial charge in [0.1, 0.15) is 0 Å². The van der Waals surface area contributed by atoms with Crippen molar-refractivity contribution in [2.24, 2.45) is 11.7 Å². The van der Waals surface area contributed by atoms with Crippen molar-refractivity contribution in [3.8, 4) is 0 Å². The van der Waals surface area contributed by atoms with Gasteiger partial charge in [0.05, 0.1) is 6.20 Å². The minimum absolute atomic E-state index is 0.0667. The zero-order valence-corrected chi connectivity index (χ0v) is 10.9. The number of hydrogen-bond acceptors (Lipinski definition) is 5. The monoisotopic (exact) mass is 274 g/mol. The molecule has 0 amide bonds. The molecule has 1 saturated heterocycles. The normalized spacial score (nSPS) is 18.1. The third-order valence-corrected chi connectivity index (χ3v) is 4.51. The summed E-state index contributed by atoms with van der Waals surface area (Å²) in [5.41, 5.74) is 5.96. The molecule has 0 bridgehead atoms. The number of ether oxygens (including phenoxy) is 1. The molecule has 1 aromatic heterocycles. The van der Waals surface area contributed by atoms with Gasteiger partial charge < -0.3 is 10.5 Å². The molecular weight excluding hydrogens is 256 g/mol. The van der Waals surface area contributed by atoms with E-state index in [-0.39, 0.29) is 11.6 Å². The molecule has 1 fully saturated rings. The number of sulfonamides is 1. The Bertz CT molecular complexity index is 479. The van der Waals surface area contributed by atoms with E-state index in [4.69, 9.17) is 10.5 Å². The van der Waals surface area contributed by atoms with Gasteiger partial charge in [0.2, 0.25) is 0 Å². The van der Waals surface area contributed by atoms with Gasteiger partial charge in [0, 0.05) is 31.9 Å². The van der Waals surface area contributed by atoms with Crippen LogP contribution in [-0.2, 0) is 21.3 Å². The number of aromatic amines is 1. The van der Waals surface area contributed by atoms with Crippen LogP contribution in [0.3, 0.4) is 0 Å². The number of rotatable bonds is 5. The van der Waals surface area contributed by atoms with E-state index in [1.54, 1.807) is 0 Å². The minimum atomic E-state index is -3.55. The second-order valence-electron chi connectivity index (χ2n) is 4.34. The van der Waals surface area contributed by atoms with Crippen LogP contribution in [0.2, 0.25) is 0 Å². The van der Waals surface area contributed by atoms with Crippen LogP contribution in [0.15, 0.2) is 11.2 Å². The Morgan fingerprint density at radius 1 is 1.50 bits per heavy atom. The maximum Gasteiger partial charge on any atom is 0.257 e. The summed E-state index contributed by atoms with van der Waals surface area (Å²) in [7, 11) is -3.55. The lowest BCUT2D eigenvalue weighted by Gasteiger charge is -2.22. The maximum absolute atomic E-state index is 12.0. The van der Waals surface area contributed by atoms with Gasteiger partial charge in [0.25, 0.3) is 10.0 Å². The highest BCUT2D eigenvalue weighted by molar-refractivity contribution is 7.89. The summed E-state index contributed by atoms with van der Waals surface area (Å²) in [6.45, 7) is 1.97. The van der Waals surface area contributed by atoms with Crippen molar-refractivity contribution in [1.82, 2.24) is 14.9 Å². The van der Waals surface area contributed by atoms with E-state index in [1.807, 2.05) is 0 Å². The number of aromatic nitrogens is 2. The summed E-state index contributed by atoms with van der Waals surface area (Å²) >= 11 is 0. The first kappa shape index (κ1) is 13.5. The predicted octanol–water partition coefficient (Wildman–Crippen LogP) is -0.427. The van der Waals surface area contributed by atoms with Gasteiger partial charge in [-0.1, -0.05) is 0 Å². The van der Waals surface area contributed by atoms with Crippen LogP contribution in [0.1, 0.15) is 18.4 Å². The summed E-state index contributed by atoms with van der Waals surface area (Å²) in [6.07, 6.45) is 3.20. The van der Waals surface area contributed by atoms with E-state index in [2.05, 4.69) is 14.9 Å². The zero-order valence-electron chi connectivity index (χ0n) is 10.1. The van der Waals surface area contributed by atoms with Gasteiger partial charge in [-0.25, -0.2) is 13.1 Å². The number of H-pyrrole nitrogens is 1. The van der Waals surface area contributed by atoms with Crippen molar-refractivity contribution in [3.63, 3.8) is 0 Å². The highest BCUT2D eigenvalue weighted by atomic mass is 32.2. The van der Waals surface area contributed by atoms with Crippen molar-refractivity contribution in [3.05, 3.63) is 11.8 Å². The molecule has 0 radical (unpaired) electrons. The second kappa shape index (κ2) is 5.79. The molecule has 1 aromatic rings. The van der Waals surface area contributed by atoms with Gasteiger partial charge in [-0.2, -0.15) is 5.10 Å². The first-order valence-corrected chi connectivity index (χ1v) is 7.41. The van der Waals surface area contributed by atoms with Crippen molar-refractivity contribution in [1.29, 1.82) is 0 Å². The largest absolute Gasteiger partial charge is 0.381 e. The Balaban J connectivity index is 1.99. The predicted molar refractivity (Wildman–Crippen MR) is 65.2 cm³/mol. The van der Waals surface area contributed by atoms with Crippen molar-refractivity contribution in [2.75, 3.05) is 19.8 Å². The molecule has 0 aromatic carbocycles. The van der Waals surface area contributed by atoms with E-state index in [1.165, 1.54) is 6.20 Å². The second-order valence-corrected chi connectivity index (χ2v) is 6.04. The van der Waals surface area contributed by atoms with E-state index in [0.29, 0.717) is 31.2 Å². The van der Waals surface area contributed by atoms with Gasteiger partial charge in [-0.15, -0.1) is 0 Å². The quantitative estimate of drug-likeness (QED) is 0.675. The molecule has 2 rings (SSSR count). The number of hydrogen-bond donors (Lipinski definition) is 3. The standard InChI is InChI=1S/C10H18N4O3S/c11-5-9-7-12-14-10(9)18(15,16)13-6-8-1-3-17-4-2-8/h7-8,13H,1-6,11H2,(H,12,14). The molecule has 0 saturated carbocycles. The molecule has 7 nitrogen and oxygen atoms in total. The smallest absolute Gasteiger partial charge is 0.257 e. The van der Waals surface area contributed by atoms with Crippen LogP contribution in [0.5, 0.6) is 0 Å². The average molecular weight is 274 g/mol. The third kappa shape index (κ3) is 3.08. The fourth-order valence-electron chi connectivity index (χ4n) is 1.93. The topological polar surface area (TPSA) is 110 Å². The number of nitrogens with zero attached hydrogens (tertiary/aromatic N) is 1.